The van der Waals surface area contributed by atoms with E-state index in [2.05, 4.69) is 24.9 Å². The second-order valence-electron chi connectivity index (χ2n) is 21.6. The van der Waals surface area contributed by atoms with Gasteiger partial charge in [0.1, 0.15) is 17.7 Å². The number of carboxylic acids is 3. The van der Waals surface area contributed by atoms with Crippen LogP contribution in [-0.4, -0.2) is 89.4 Å². The van der Waals surface area contributed by atoms with Gasteiger partial charge in [0, 0.05) is 42.5 Å². The first-order valence-electron chi connectivity index (χ1n) is 28.4. The van der Waals surface area contributed by atoms with Crippen molar-refractivity contribution in [2.24, 2.45) is 5.73 Å². The van der Waals surface area contributed by atoms with Gasteiger partial charge in [-0.3, -0.25) is 24.0 Å². The van der Waals surface area contributed by atoms with Crippen LogP contribution in [0.1, 0.15) is 159 Å². The molecular formula is C68H61N5O14. The third kappa shape index (κ3) is 14.0. The summed E-state index contributed by atoms with van der Waals surface area (Å²) >= 11 is 0. The SMILES string of the molecule is NC(=O)c1ccc(Cc2nc3c4c(ccc3c(C(=O)O)c2O)CCCC4)cc1.O=C(O)c1ccc(Cc2nc3c4c(ccc3c(C(=O)O)c2O)CCCC4)cc1.O=C1Nc2c(ccc3c2CCCC3)C1=O.[C-]#[N+]c1ccc(CC(=O)COC(C)=O)cc1. The molecule has 19 heteroatoms. The van der Waals surface area contributed by atoms with Crippen LogP contribution in [-0.2, 0) is 76.9 Å². The fourth-order valence-electron chi connectivity index (χ4n) is 11.4. The van der Waals surface area contributed by atoms with Crippen molar-refractivity contribution in [3.05, 3.63) is 210 Å². The molecule has 1 aliphatic heterocycles. The van der Waals surface area contributed by atoms with Gasteiger partial charge < -0.3 is 41.3 Å². The number of hydrogen-bond donors (Lipinski definition) is 7. The number of carbonyl (C=O) groups excluding carboxylic acids is 5. The van der Waals surface area contributed by atoms with Crippen molar-refractivity contribution in [3.8, 4) is 11.5 Å². The summed E-state index contributed by atoms with van der Waals surface area (Å²) in [5.41, 5.74) is 18.7. The predicted octanol–water partition coefficient (Wildman–Crippen LogP) is 10.6. The zero-order valence-electron chi connectivity index (χ0n) is 47.5. The first-order chi connectivity index (χ1) is 41.8. The highest BCUT2D eigenvalue weighted by Crippen LogP contribution is 2.38. The highest BCUT2D eigenvalue weighted by molar-refractivity contribution is 6.51. The maximum absolute atomic E-state index is 11.9. The van der Waals surface area contributed by atoms with Crippen molar-refractivity contribution in [1.29, 1.82) is 0 Å². The summed E-state index contributed by atoms with van der Waals surface area (Å²) in [6.07, 6.45) is 13.0. The van der Waals surface area contributed by atoms with Crippen LogP contribution < -0.4 is 11.1 Å². The van der Waals surface area contributed by atoms with E-state index in [1.54, 1.807) is 78.9 Å². The number of benzene rings is 6. The molecule has 0 radical (unpaired) electrons. The van der Waals surface area contributed by atoms with E-state index in [1.165, 1.54) is 47.7 Å². The molecule has 2 amide bonds. The summed E-state index contributed by atoms with van der Waals surface area (Å²) in [5.74, 6) is -6.04. The minimum atomic E-state index is -1.19. The van der Waals surface area contributed by atoms with E-state index in [0.29, 0.717) is 44.3 Å². The van der Waals surface area contributed by atoms with E-state index in [4.69, 9.17) is 17.4 Å². The highest BCUT2D eigenvalue weighted by atomic mass is 16.5. The number of nitrogens with zero attached hydrogens (tertiary/aromatic N) is 3. The third-order valence-electron chi connectivity index (χ3n) is 15.8. The number of Topliss-reactive ketones (excluding diaryl/α,β-unsaturated/α-hetero) is 2. The Morgan fingerprint density at radius 1 is 0.563 bits per heavy atom. The Kier molecular flexibility index (Phi) is 18.9. The monoisotopic (exact) mass is 1170 g/mol. The van der Waals surface area contributed by atoms with E-state index in [-0.39, 0.29) is 65.5 Å². The number of hydrogen-bond acceptors (Lipinski definition) is 13. The Morgan fingerprint density at radius 3 is 1.45 bits per heavy atom. The van der Waals surface area contributed by atoms with Gasteiger partial charge in [0.05, 0.1) is 45.8 Å². The van der Waals surface area contributed by atoms with Gasteiger partial charge in [-0.2, -0.15) is 0 Å². The van der Waals surface area contributed by atoms with Gasteiger partial charge in [-0.1, -0.05) is 78.9 Å². The minimum absolute atomic E-state index is 0.109. The van der Waals surface area contributed by atoms with Gasteiger partial charge >= 0.3 is 23.9 Å². The summed E-state index contributed by atoms with van der Waals surface area (Å²) in [7, 11) is 0. The number of amides is 2. The summed E-state index contributed by atoms with van der Waals surface area (Å²) in [4.78, 5) is 103. The number of aromatic hydroxyl groups is 2. The van der Waals surface area contributed by atoms with Crippen molar-refractivity contribution in [3.63, 3.8) is 0 Å². The number of aromatic nitrogens is 2. The van der Waals surface area contributed by atoms with Gasteiger partial charge in [-0.05, 0) is 157 Å². The Bertz CT molecular complexity index is 3950. The summed E-state index contributed by atoms with van der Waals surface area (Å²) < 4.78 is 4.58. The Morgan fingerprint density at radius 2 is 1.00 bits per heavy atom. The quantitative estimate of drug-likeness (QED) is 0.0340. The van der Waals surface area contributed by atoms with E-state index >= 15 is 0 Å². The number of carbonyl (C=O) groups is 8. The maximum Gasteiger partial charge on any atom is 0.340 e. The lowest BCUT2D eigenvalue weighted by atomic mass is 9.88. The molecule has 0 saturated carbocycles. The minimum Gasteiger partial charge on any atom is -0.505 e. The molecule has 0 atom stereocenters. The van der Waals surface area contributed by atoms with Crippen LogP contribution in [0, 0.1) is 6.57 Å². The lowest BCUT2D eigenvalue weighted by Crippen LogP contribution is -2.13. The molecule has 6 aromatic carbocycles. The Hall–Kier alpha value is -10.6. The zero-order valence-corrected chi connectivity index (χ0v) is 47.5. The van der Waals surface area contributed by atoms with Crippen LogP contribution in [0.25, 0.3) is 26.7 Å². The van der Waals surface area contributed by atoms with Gasteiger partial charge in [-0.25, -0.2) is 29.2 Å². The second-order valence-corrected chi connectivity index (χ2v) is 21.6. The number of nitrogens with two attached hydrogens (primary N) is 1. The summed E-state index contributed by atoms with van der Waals surface area (Å²) in [5, 5.41) is 53.3. The van der Waals surface area contributed by atoms with Crippen LogP contribution in [0.4, 0.5) is 11.4 Å². The smallest absolute Gasteiger partial charge is 0.340 e. The van der Waals surface area contributed by atoms with Crippen molar-refractivity contribution >= 4 is 80.4 Å². The lowest BCUT2D eigenvalue weighted by molar-refractivity contribution is -0.145. The number of esters is 1. The van der Waals surface area contributed by atoms with Crippen LogP contribution in [0.15, 0.2) is 109 Å². The molecule has 8 N–H and O–H groups in total. The molecule has 3 aliphatic carbocycles. The topological polar surface area (TPSA) is 315 Å². The average molecular weight is 1170 g/mol. The molecule has 4 aliphatic rings. The summed E-state index contributed by atoms with van der Waals surface area (Å²) in [6.45, 7) is 7.84. The number of ether oxygens (including phenoxy) is 1. The lowest BCUT2D eigenvalue weighted by Gasteiger charge is -2.19. The van der Waals surface area contributed by atoms with Crippen LogP contribution in [0.5, 0.6) is 11.5 Å². The largest absolute Gasteiger partial charge is 0.505 e. The number of pyridine rings is 2. The van der Waals surface area contributed by atoms with Crippen molar-refractivity contribution in [2.75, 3.05) is 11.9 Å². The van der Waals surface area contributed by atoms with E-state index in [1.807, 2.05) is 18.2 Å². The molecule has 0 saturated heterocycles. The number of carboxylic acid groups (broad SMARTS) is 3. The van der Waals surface area contributed by atoms with E-state index in [9.17, 15) is 58.8 Å². The zero-order chi connectivity index (χ0) is 62.1. The van der Waals surface area contributed by atoms with Gasteiger partial charge in [0.25, 0.3) is 11.7 Å². The molecule has 87 heavy (non-hydrogen) atoms. The van der Waals surface area contributed by atoms with E-state index < -0.39 is 41.5 Å². The fourth-order valence-corrected chi connectivity index (χ4v) is 11.4. The second kappa shape index (κ2) is 27.0. The van der Waals surface area contributed by atoms with E-state index in [0.717, 1.165) is 104 Å². The number of aryl methyl sites for hydroxylation is 5. The van der Waals surface area contributed by atoms with Gasteiger partial charge in [0.2, 0.25) is 5.91 Å². The summed E-state index contributed by atoms with van der Waals surface area (Å²) in [6, 6.07) is 30.8. The first kappa shape index (κ1) is 61.0. The number of fused-ring (bicyclic) bond motifs is 9. The molecule has 0 spiro atoms. The van der Waals surface area contributed by atoms with Crippen molar-refractivity contribution in [2.45, 2.75) is 103 Å². The Labute approximate surface area is 499 Å². The maximum atomic E-state index is 11.9. The van der Waals surface area contributed by atoms with Crippen LogP contribution in [0.3, 0.4) is 0 Å². The molecule has 442 valence electrons. The number of primary amides is 1. The molecule has 0 unspecified atom stereocenters. The first-order valence-corrected chi connectivity index (χ1v) is 28.4. The fraction of sp³-hybridized carbons (Fsp3) is 0.250. The Balaban J connectivity index is 0.000000144. The molecule has 12 rings (SSSR count). The normalized spacial score (nSPS) is 13.4. The number of aromatic carboxylic acids is 3. The average Bonchev–Trinajstić information content (AvgIpc) is 2.22. The van der Waals surface area contributed by atoms with Gasteiger partial charge in [-0.15, -0.1) is 0 Å². The van der Waals surface area contributed by atoms with Crippen molar-refractivity contribution in [1.82, 2.24) is 9.97 Å². The molecule has 2 aromatic heterocycles. The van der Waals surface area contributed by atoms with Crippen molar-refractivity contribution < 1.29 is 68.6 Å². The number of rotatable bonds is 12. The molecule has 3 heterocycles. The molecule has 8 aromatic rings. The predicted molar refractivity (Wildman–Crippen MR) is 322 cm³/mol. The molecular weight excluding hydrogens is 1110 g/mol. The number of ketones is 2. The third-order valence-corrected chi connectivity index (χ3v) is 15.8. The number of nitrogens with one attached hydrogen (secondary N) is 1. The van der Waals surface area contributed by atoms with Crippen LogP contribution in [0.2, 0.25) is 0 Å². The number of anilines is 1. The van der Waals surface area contributed by atoms with Crippen LogP contribution >= 0.6 is 0 Å². The van der Waals surface area contributed by atoms with Gasteiger partial charge in [0.15, 0.2) is 23.0 Å². The standard InChI is InChI=1S/C22H20N2O4.C22H19NO5.C12H11NO3.C12H11NO2/c23-21(26)14-7-5-12(6-8-14)11-17-20(25)18(22(27)28)16-10-9-13-3-1-2-4-15(13)19(16)24-17;24-20-17(11-12-5-7-14(8-6-12)21(25)26)23-19-15-4-2-1-3-13(15)9-10-16(19)18(20)22(27)28;1-9(14)16-8-12(15)7-10-3-5-11(13-2)6-4-10;14-11-9-6-5-7-3-1-2-4-8(7)10(9)13-12(11)15/h5-10,25H,1-4,11H2,(H2,23,26)(H,27,28);5-10,24H,1-4,11H2,(H,25,26)(H,27,28);3-6H,7-8H2,1H3;5-6H,1-4H2,(H,13,14,15). The molecule has 0 bridgehead atoms. The highest BCUT2D eigenvalue weighted by Gasteiger charge is 2.32. The molecule has 0 fully saturated rings. The molecule has 19 nitrogen and oxygen atoms in total.